The van der Waals surface area contributed by atoms with E-state index in [-0.39, 0.29) is 0 Å². The van der Waals surface area contributed by atoms with E-state index in [1.807, 2.05) is 13.0 Å². The van der Waals surface area contributed by atoms with Crippen LogP contribution in [0.1, 0.15) is 20.3 Å². The Bertz CT molecular complexity index is 108. The minimum Gasteiger partial charge on any atom is -0.103 e. The molecule has 0 nitrogen and oxygen atoms in total. The van der Waals surface area contributed by atoms with Crippen LogP contribution in [-0.2, 0) is 0 Å². The Morgan fingerprint density at radius 3 is 2.25 bits per heavy atom. The summed E-state index contributed by atoms with van der Waals surface area (Å²) in [6, 6.07) is 0. The van der Waals surface area contributed by atoms with Crippen molar-refractivity contribution in [2.24, 2.45) is 0 Å². The van der Waals surface area contributed by atoms with Crippen molar-refractivity contribution in [3.63, 3.8) is 0 Å². The number of hydrogen-bond acceptors (Lipinski definition) is 0. The van der Waals surface area contributed by atoms with Crippen molar-refractivity contribution >= 4 is 15.9 Å². The molecule has 0 radical (unpaired) electrons. The monoisotopic (exact) mass is 174 g/mol. The van der Waals surface area contributed by atoms with Gasteiger partial charge in [0.25, 0.3) is 0 Å². The zero-order valence-corrected chi connectivity index (χ0v) is 6.96. The van der Waals surface area contributed by atoms with Gasteiger partial charge < -0.3 is 0 Å². The Hall–Kier alpha value is -0.0400. The molecular weight excluding hydrogens is 164 g/mol. The van der Waals surface area contributed by atoms with Crippen LogP contribution in [0.3, 0.4) is 0 Å². The Morgan fingerprint density at radius 1 is 1.62 bits per heavy atom. The zero-order chi connectivity index (χ0) is 6.57. The maximum absolute atomic E-state index is 3.63. The summed E-state index contributed by atoms with van der Waals surface area (Å²) < 4.78 is 1.22. The lowest BCUT2D eigenvalue weighted by atomic mass is 10.2. The van der Waals surface area contributed by atoms with E-state index >= 15 is 0 Å². The molecule has 0 aromatic heterocycles. The number of hydrogen-bond donors (Lipinski definition) is 0. The van der Waals surface area contributed by atoms with Gasteiger partial charge in [-0.1, -0.05) is 27.6 Å². The molecule has 0 aliphatic heterocycles. The number of rotatable bonds is 2. The molecule has 0 N–H and O–H groups in total. The van der Waals surface area contributed by atoms with Gasteiger partial charge in [0.1, 0.15) is 0 Å². The van der Waals surface area contributed by atoms with E-state index in [1.54, 1.807) is 0 Å². The molecule has 0 aromatic rings. The van der Waals surface area contributed by atoms with Crippen molar-refractivity contribution in [1.29, 1.82) is 0 Å². The fourth-order valence-electron chi connectivity index (χ4n) is 0.357. The van der Waals surface area contributed by atoms with Crippen molar-refractivity contribution in [1.82, 2.24) is 0 Å². The van der Waals surface area contributed by atoms with Crippen LogP contribution < -0.4 is 0 Å². The fraction of sp³-hybridized carbons (Fsp3) is 0.429. The molecule has 0 aliphatic carbocycles. The maximum Gasteiger partial charge on any atom is -0.00880 e. The third-order valence-corrected chi connectivity index (χ3v) is 1.72. The second kappa shape index (κ2) is 3.90. The molecule has 0 unspecified atom stereocenters. The molecule has 0 saturated heterocycles. The van der Waals surface area contributed by atoms with Crippen LogP contribution in [0.4, 0.5) is 0 Å². The molecule has 1 heteroatoms. The third kappa shape index (κ3) is 3.03. The molecule has 0 heterocycles. The van der Waals surface area contributed by atoms with Crippen LogP contribution in [-0.4, -0.2) is 0 Å². The molecule has 46 valence electrons. The van der Waals surface area contributed by atoms with Crippen LogP contribution in [0.15, 0.2) is 22.7 Å². The van der Waals surface area contributed by atoms with E-state index in [0.717, 1.165) is 6.42 Å². The van der Waals surface area contributed by atoms with E-state index in [0.29, 0.717) is 0 Å². The summed E-state index contributed by atoms with van der Waals surface area (Å²) in [5, 5.41) is 0. The number of allylic oxidation sites excluding steroid dienone is 3. The smallest absolute Gasteiger partial charge is 0.00880 e. The van der Waals surface area contributed by atoms with Gasteiger partial charge in [-0.3, -0.25) is 0 Å². The quantitative estimate of drug-likeness (QED) is 0.565. The van der Waals surface area contributed by atoms with Crippen molar-refractivity contribution in [3.05, 3.63) is 22.7 Å². The van der Waals surface area contributed by atoms with Crippen LogP contribution in [0.25, 0.3) is 0 Å². The highest BCUT2D eigenvalue weighted by Gasteiger charge is 1.86. The summed E-state index contributed by atoms with van der Waals surface area (Å²) >= 11 is 3.37. The SMILES string of the molecule is C=CC/C(C)=C(/C)Br. The van der Waals surface area contributed by atoms with E-state index in [4.69, 9.17) is 0 Å². The molecule has 0 aliphatic rings. The normalized spacial score (nSPS) is 12.9. The first-order valence-corrected chi connectivity index (χ1v) is 3.40. The van der Waals surface area contributed by atoms with Gasteiger partial charge in [-0.25, -0.2) is 0 Å². The Balaban J connectivity index is 3.79. The Morgan fingerprint density at radius 2 is 2.12 bits per heavy atom. The van der Waals surface area contributed by atoms with Crippen molar-refractivity contribution in [2.75, 3.05) is 0 Å². The predicted octanol–water partition coefficient (Wildman–Crippen LogP) is 3.25. The van der Waals surface area contributed by atoms with Gasteiger partial charge in [0, 0.05) is 0 Å². The highest BCUT2D eigenvalue weighted by atomic mass is 79.9. The van der Waals surface area contributed by atoms with E-state index in [1.165, 1.54) is 10.1 Å². The minimum absolute atomic E-state index is 0.983. The van der Waals surface area contributed by atoms with E-state index in [9.17, 15) is 0 Å². The fourth-order valence-corrected chi connectivity index (χ4v) is 0.519. The molecule has 0 spiro atoms. The lowest BCUT2D eigenvalue weighted by molar-refractivity contribution is 1.20. The average molecular weight is 175 g/mol. The summed E-state index contributed by atoms with van der Waals surface area (Å²) in [7, 11) is 0. The first-order chi connectivity index (χ1) is 3.68. The van der Waals surface area contributed by atoms with Gasteiger partial charge in [-0.15, -0.1) is 6.58 Å². The molecule has 0 rings (SSSR count). The second-order valence-electron chi connectivity index (χ2n) is 1.81. The van der Waals surface area contributed by atoms with Crippen LogP contribution >= 0.6 is 15.9 Å². The van der Waals surface area contributed by atoms with Gasteiger partial charge in [-0.2, -0.15) is 0 Å². The summed E-state index contributed by atoms with van der Waals surface area (Å²) in [5.41, 5.74) is 1.35. The molecule has 8 heavy (non-hydrogen) atoms. The standard InChI is InChI=1S/C7H11Br/c1-4-5-6(2)7(3)8/h4H,1,5H2,2-3H3/b7-6-. The number of halogens is 1. The zero-order valence-electron chi connectivity index (χ0n) is 5.37. The van der Waals surface area contributed by atoms with Crippen LogP contribution in [0, 0.1) is 0 Å². The second-order valence-corrected chi connectivity index (χ2v) is 3.00. The van der Waals surface area contributed by atoms with E-state index < -0.39 is 0 Å². The van der Waals surface area contributed by atoms with Crippen molar-refractivity contribution in [2.45, 2.75) is 20.3 Å². The summed E-state index contributed by atoms with van der Waals surface area (Å²) in [5.74, 6) is 0. The molecule has 0 saturated carbocycles. The Labute approximate surface area is 59.4 Å². The van der Waals surface area contributed by atoms with Gasteiger partial charge in [-0.05, 0) is 24.8 Å². The topological polar surface area (TPSA) is 0 Å². The first kappa shape index (κ1) is 7.96. The molecule has 0 amide bonds. The van der Waals surface area contributed by atoms with Gasteiger partial charge in [0.2, 0.25) is 0 Å². The Kier molecular flexibility index (Phi) is 3.88. The lowest BCUT2D eigenvalue weighted by Crippen LogP contribution is -1.72. The summed E-state index contributed by atoms with van der Waals surface area (Å²) in [4.78, 5) is 0. The maximum atomic E-state index is 3.63. The van der Waals surface area contributed by atoms with Crippen molar-refractivity contribution in [3.8, 4) is 0 Å². The van der Waals surface area contributed by atoms with E-state index in [2.05, 4.69) is 29.4 Å². The third-order valence-electron chi connectivity index (χ3n) is 1.04. The van der Waals surface area contributed by atoms with Gasteiger partial charge in [0.05, 0.1) is 0 Å². The summed E-state index contributed by atoms with van der Waals surface area (Å²) in [6.45, 7) is 7.76. The van der Waals surface area contributed by atoms with Crippen LogP contribution in [0.5, 0.6) is 0 Å². The first-order valence-electron chi connectivity index (χ1n) is 2.61. The molecule has 0 aromatic carbocycles. The minimum atomic E-state index is 0.983. The molecular formula is C7H11Br. The van der Waals surface area contributed by atoms with Crippen molar-refractivity contribution < 1.29 is 0 Å². The van der Waals surface area contributed by atoms with Gasteiger partial charge >= 0.3 is 0 Å². The largest absolute Gasteiger partial charge is 0.103 e. The summed E-state index contributed by atoms with van der Waals surface area (Å²) in [6.07, 6.45) is 2.89. The highest BCUT2D eigenvalue weighted by molar-refractivity contribution is 9.11. The van der Waals surface area contributed by atoms with Gasteiger partial charge in [0.15, 0.2) is 0 Å². The highest BCUT2D eigenvalue weighted by Crippen LogP contribution is 2.12. The van der Waals surface area contributed by atoms with Crippen LogP contribution in [0.2, 0.25) is 0 Å². The molecule has 0 bridgehead atoms. The predicted molar refractivity (Wildman–Crippen MR) is 42.1 cm³/mol. The molecule has 0 fully saturated rings. The average Bonchev–Trinajstić information content (AvgIpc) is 1.67. The lowest BCUT2D eigenvalue weighted by Gasteiger charge is -1.94. The molecule has 0 atom stereocenters.